The Morgan fingerprint density at radius 2 is 2.15 bits per heavy atom. The highest BCUT2D eigenvalue weighted by Crippen LogP contribution is 2.32. The number of sulfonamides is 1. The highest BCUT2D eigenvalue weighted by atomic mass is 79.9. The van der Waals surface area contributed by atoms with E-state index >= 15 is 0 Å². The summed E-state index contributed by atoms with van der Waals surface area (Å²) >= 11 is 3.45. The number of rotatable bonds is 6. The fraction of sp³-hybridized carbons (Fsp3) is 0.571. The molecule has 0 aliphatic carbocycles. The third kappa shape index (κ3) is 4.20. The van der Waals surface area contributed by atoms with Crippen molar-refractivity contribution in [3.63, 3.8) is 0 Å². The number of benzene rings is 1. The molecule has 0 aromatic heterocycles. The highest BCUT2D eigenvalue weighted by molar-refractivity contribution is 9.10. The molecular formula is C14H20BrNO3S. The van der Waals surface area contributed by atoms with E-state index in [9.17, 15) is 8.42 Å². The van der Waals surface area contributed by atoms with Gasteiger partial charge in [-0.05, 0) is 30.0 Å². The van der Waals surface area contributed by atoms with Gasteiger partial charge in [0, 0.05) is 23.0 Å². The Bertz CT molecular complexity index is 584. The number of fused-ring (bicyclic) bond motifs is 1. The Labute approximate surface area is 129 Å². The molecule has 1 aliphatic heterocycles. The average molecular weight is 362 g/mol. The van der Waals surface area contributed by atoms with E-state index in [4.69, 9.17) is 4.74 Å². The van der Waals surface area contributed by atoms with Gasteiger partial charge in [0.25, 0.3) is 0 Å². The lowest BCUT2D eigenvalue weighted by molar-refractivity contribution is 0.353. The van der Waals surface area contributed by atoms with E-state index in [1.165, 1.54) is 0 Å². The molecule has 6 heteroatoms. The van der Waals surface area contributed by atoms with Gasteiger partial charge in [0.2, 0.25) is 10.0 Å². The van der Waals surface area contributed by atoms with Crippen LogP contribution in [0, 0.1) is 5.92 Å². The van der Waals surface area contributed by atoms with Crippen LogP contribution in [0.3, 0.4) is 0 Å². The normalized spacial score (nSPS) is 14.4. The van der Waals surface area contributed by atoms with Crippen LogP contribution in [0.5, 0.6) is 5.75 Å². The van der Waals surface area contributed by atoms with Crippen LogP contribution in [0.1, 0.15) is 31.4 Å². The van der Waals surface area contributed by atoms with Gasteiger partial charge in [-0.3, -0.25) is 0 Å². The maximum absolute atomic E-state index is 11.9. The van der Waals surface area contributed by atoms with Crippen LogP contribution in [0.25, 0.3) is 0 Å². The second-order valence-corrected chi connectivity index (χ2v) is 8.32. The number of ether oxygens (including phenoxy) is 1. The van der Waals surface area contributed by atoms with Crippen LogP contribution in [0.15, 0.2) is 16.6 Å². The fourth-order valence-electron chi connectivity index (χ4n) is 2.13. The Balaban J connectivity index is 2.04. The maximum atomic E-state index is 11.9. The third-order valence-corrected chi connectivity index (χ3v) is 5.09. The largest absolute Gasteiger partial charge is 0.493 e. The van der Waals surface area contributed by atoms with Crippen LogP contribution in [0.4, 0.5) is 0 Å². The molecule has 1 aliphatic rings. The third-order valence-electron chi connectivity index (χ3n) is 3.27. The molecule has 4 nitrogen and oxygen atoms in total. The monoisotopic (exact) mass is 361 g/mol. The molecule has 0 bridgehead atoms. The summed E-state index contributed by atoms with van der Waals surface area (Å²) in [5, 5.41) is 0. The van der Waals surface area contributed by atoms with Crippen LogP contribution >= 0.6 is 15.9 Å². The van der Waals surface area contributed by atoms with E-state index in [2.05, 4.69) is 20.7 Å². The minimum absolute atomic E-state index is 0.168. The Kier molecular flexibility index (Phi) is 5.09. The standard InChI is InChI=1S/C14H20BrNO3S/c1-10(2)4-6-20(17,18)16-9-12-8-13(15)7-11-3-5-19-14(11)12/h7-8,10,16H,3-6,9H2,1-2H3. The Morgan fingerprint density at radius 3 is 2.85 bits per heavy atom. The number of nitrogens with one attached hydrogen (secondary N) is 1. The number of halogens is 1. The molecular weight excluding hydrogens is 342 g/mol. The SMILES string of the molecule is CC(C)CCS(=O)(=O)NCc1cc(Br)cc2c1OCC2. The van der Waals surface area contributed by atoms with Gasteiger partial charge in [-0.25, -0.2) is 13.1 Å². The summed E-state index contributed by atoms with van der Waals surface area (Å²) in [5.41, 5.74) is 2.02. The summed E-state index contributed by atoms with van der Waals surface area (Å²) in [7, 11) is -3.23. The predicted molar refractivity (Wildman–Crippen MR) is 83.4 cm³/mol. The van der Waals surface area contributed by atoms with E-state index in [-0.39, 0.29) is 12.3 Å². The predicted octanol–water partition coefficient (Wildman–Crippen LogP) is 2.85. The molecule has 112 valence electrons. The molecule has 0 unspecified atom stereocenters. The maximum Gasteiger partial charge on any atom is 0.211 e. The van der Waals surface area contributed by atoms with Crippen molar-refractivity contribution >= 4 is 26.0 Å². The zero-order chi connectivity index (χ0) is 14.8. The molecule has 2 rings (SSSR count). The topological polar surface area (TPSA) is 55.4 Å². The van der Waals surface area contributed by atoms with E-state index in [1.54, 1.807) is 0 Å². The molecule has 0 saturated heterocycles. The average Bonchev–Trinajstić information content (AvgIpc) is 2.81. The van der Waals surface area contributed by atoms with Crippen molar-refractivity contribution in [3.8, 4) is 5.75 Å². The quantitative estimate of drug-likeness (QED) is 0.847. The molecule has 0 atom stereocenters. The molecule has 0 radical (unpaired) electrons. The van der Waals surface area contributed by atoms with Crippen molar-refractivity contribution in [2.24, 2.45) is 5.92 Å². The molecule has 0 amide bonds. The van der Waals surface area contributed by atoms with Crippen molar-refractivity contribution in [2.75, 3.05) is 12.4 Å². The number of hydrogen-bond acceptors (Lipinski definition) is 3. The van der Waals surface area contributed by atoms with Gasteiger partial charge >= 0.3 is 0 Å². The Hall–Kier alpha value is -0.590. The summed E-state index contributed by atoms with van der Waals surface area (Å²) in [5.74, 6) is 1.38. The van der Waals surface area contributed by atoms with Crippen LogP contribution in [-0.2, 0) is 23.0 Å². The van der Waals surface area contributed by atoms with Crippen LogP contribution in [-0.4, -0.2) is 20.8 Å². The van der Waals surface area contributed by atoms with Crippen molar-refractivity contribution < 1.29 is 13.2 Å². The molecule has 1 N–H and O–H groups in total. The first-order chi connectivity index (χ1) is 9.37. The lowest BCUT2D eigenvalue weighted by atomic mass is 10.1. The van der Waals surface area contributed by atoms with Gasteiger partial charge in [0.1, 0.15) is 5.75 Å². The van der Waals surface area contributed by atoms with Gasteiger partial charge in [-0.2, -0.15) is 0 Å². The van der Waals surface area contributed by atoms with Crippen molar-refractivity contribution in [3.05, 3.63) is 27.7 Å². The molecule has 0 fully saturated rings. The van der Waals surface area contributed by atoms with E-state index in [1.807, 2.05) is 26.0 Å². The molecule has 20 heavy (non-hydrogen) atoms. The summed E-state index contributed by atoms with van der Waals surface area (Å²) in [6.07, 6.45) is 1.55. The van der Waals surface area contributed by atoms with E-state index in [0.717, 1.165) is 27.8 Å². The molecule has 1 aromatic rings. The molecule has 1 aromatic carbocycles. The van der Waals surface area contributed by atoms with Gasteiger partial charge < -0.3 is 4.74 Å². The zero-order valence-electron chi connectivity index (χ0n) is 11.8. The first kappa shape index (κ1) is 15.8. The molecule has 0 spiro atoms. The lowest BCUT2D eigenvalue weighted by Crippen LogP contribution is -2.26. The summed E-state index contributed by atoms with van der Waals surface area (Å²) < 4.78 is 33.1. The van der Waals surface area contributed by atoms with Gasteiger partial charge in [0.15, 0.2) is 0 Å². The van der Waals surface area contributed by atoms with Crippen molar-refractivity contribution in [1.29, 1.82) is 0 Å². The summed E-state index contributed by atoms with van der Waals surface area (Å²) in [6, 6.07) is 3.94. The zero-order valence-corrected chi connectivity index (χ0v) is 14.2. The number of hydrogen-bond donors (Lipinski definition) is 1. The lowest BCUT2D eigenvalue weighted by Gasteiger charge is -2.11. The van der Waals surface area contributed by atoms with Crippen molar-refractivity contribution in [1.82, 2.24) is 4.72 Å². The minimum atomic E-state index is -3.23. The van der Waals surface area contributed by atoms with E-state index < -0.39 is 10.0 Å². The van der Waals surface area contributed by atoms with Gasteiger partial charge in [-0.15, -0.1) is 0 Å². The smallest absolute Gasteiger partial charge is 0.211 e. The van der Waals surface area contributed by atoms with Crippen LogP contribution < -0.4 is 9.46 Å². The Morgan fingerprint density at radius 1 is 1.40 bits per heavy atom. The molecule has 0 saturated carbocycles. The summed E-state index contributed by atoms with van der Waals surface area (Å²) in [6.45, 7) is 4.98. The second kappa shape index (κ2) is 6.45. The second-order valence-electron chi connectivity index (χ2n) is 5.47. The minimum Gasteiger partial charge on any atom is -0.493 e. The summed E-state index contributed by atoms with van der Waals surface area (Å²) in [4.78, 5) is 0. The van der Waals surface area contributed by atoms with E-state index in [0.29, 0.717) is 18.9 Å². The first-order valence-corrected chi connectivity index (χ1v) is 9.23. The van der Waals surface area contributed by atoms with Gasteiger partial charge in [-0.1, -0.05) is 29.8 Å². The van der Waals surface area contributed by atoms with Crippen molar-refractivity contribution in [2.45, 2.75) is 33.2 Å². The highest BCUT2D eigenvalue weighted by Gasteiger charge is 2.19. The van der Waals surface area contributed by atoms with Crippen LogP contribution in [0.2, 0.25) is 0 Å². The fourth-order valence-corrected chi connectivity index (χ4v) is 3.98. The van der Waals surface area contributed by atoms with Gasteiger partial charge in [0.05, 0.1) is 12.4 Å². The molecule has 1 heterocycles. The first-order valence-electron chi connectivity index (χ1n) is 6.79.